The number of carbonyl (C=O) groups excluding carboxylic acids is 1. The summed E-state index contributed by atoms with van der Waals surface area (Å²) in [6.45, 7) is 1.89. The van der Waals surface area contributed by atoms with Gasteiger partial charge in [-0.15, -0.1) is 11.3 Å². The van der Waals surface area contributed by atoms with E-state index >= 15 is 0 Å². The van der Waals surface area contributed by atoms with Crippen molar-refractivity contribution in [1.82, 2.24) is 0 Å². The Morgan fingerprint density at radius 2 is 2.20 bits per heavy atom. The molecule has 0 radical (unpaired) electrons. The van der Waals surface area contributed by atoms with Crippen LogP contribution in [-0.2, 0) is 4.74 Å². The third-order valence-electron chi connectivity index (χ3n) is 2.21. The molecule has 0 bridgehead atoms. The van der Waals surface area contributed by atoms with E-state index in [9.17, 15) is 9.18 Å². The van der Waals surface area contributed by atoms with Gasteiger partial charge < -0.3 is 4.74 Å². The Hall–Kier alpha value is -1.42. The van der Waals surface area contributed by atoms with Gasteiger partial charge in [0.25, 0.3) is 0 Å². The van der Waals surface area contributed by atoms with E-state index in [1.807, 2.05) is 6.92 Å². The van der Waals surface area contributed by atoms with Crippen LogP contribution in [0.4, 0.5) is 4.39 Å². The first-order valence-corrected chi connectivity index (χ1v) is 5.22. The molecule has 2 aromatic rings. The van der Waals surface area contributed by atoms with Gasteiger partial charge in [0.1, 0.15) is 10.7 Å². The Morgan fingerprint density at radius 1 is 1.47 bits per heavy atom. The molecule has 0 N–H and O–H groups in total. The van der Waals surface area contributed by atoms with E-state index in [-0.39, 0.29) is 5.82 Å². The number of thiophene rings is 1. The van der Waals surface area contributed by atoms with Crippen molar-refractivity contribution < 1.29 is 13.9 Å². The molecule has 0 amide bonds. The number of esters is 1. The molecular weight excluding hydrogens is 215 g/mol. The van der Waals surface area contributed by atoms with E-state index in [2.05, 4.69) is 4.74 Å². The highest BCUT2D eigenvalue weighted by Gasteiger charge is 2.13. The lowest BCUT2D eigenvalue weighted by atomic mass is 10.2. The maximum atomic E-state index is 13.4. The summed E-state index contributed by atoms with van der Waals surface area (Å²) in [5, 5.41) is 0.486. The quantitative estimate of drug-likeness (QED) is 0.695. The van der Waals surface area contributed by atoms with Crippen LogP contribution in [0.1, 0.15) is 15.2 Å². The number of halogens is 1. The van der Waals surface area contributed by atoms with E-state index in [4.69, 9.17) is 0 Å². The topological polar surface area (TPSA) is 26.3 Å². The fourth-order valence-corrected chi connectivity index (χ4v) is 2.48. The Balaban J connectivity index is 2.70. The second-order valence-electron chi connectivity index (χ2n) is 3.21. The van der Waals surface area contributed by atoms with Crippen LogP contribution in [0.15, 0.2) is 18.2 Å². The summed E-state index contributed by atoms with van der Waals surface area (Å²) in [7, 11) is 1.32. The third kappa shape index (κ3) is 1.61. The van der Waals surface area contributed by atoms with Crippen molar-refractivity contribution in [2.75, 3.05) is 7.11 Å². The molecule has 1 aromatic heterocycles. The molecule has 1 aromatic carbocycles. The zero-order chi connectivity index (χ0) is 11.0. The Labute approximate surface area is 90.3 Å². The molecular formula is C11H9FO2S. The van der Waals surface area contributed by atoms with Gasteiger partial charge in [-0.05, 0) is 24.6 Å². The first-order chi connectivity index (χ1) is 7.13. The number of ether oxygens (including phenoxy) is 1. The lowest BCUT2D eigenvalue weighted by Gasteiger charge is -1.94. The molecule has 0 aliphatic heterocycles. The smallest absolute Gasteiger partial charge is 0.348 e. The van der Waals surface area contributed by atoms with Gasteiger partial charge in [0.05, 0.1) is 7.11 Å². The van der Waals surface area contributed by atoms with Crippen LogP contribution in [0.3, 0.4) is 0 Å². The summed E-state index contributed by atoms with van der Waals surface area (Å²) in [5.41, 5.74) is 0.964. The van der Waals surface area contributed by atoms with Gasteiger partial charge >= 0.3 is 5.97 Å². The van der Waals surface area contributed by atoms with Gasteiger partial charge in [-0.25, -0.2) is 9.18 Å². The molecule has 4 heteroatoms. The molecule has 78 valence electrons. The van der Waals surface area contributed by atoms with E-state index in [1.165, 1.54) is 30.6 Å². The number of rotatable bonds is 1. The van der Waals surface area contributed by atoms with Crippen molar-refractivity contribution in [3.05, 3.63) is 34.5 Å². The minimum atomic E-state index is -0.421. The van der Waals surface area contributed by atoms with Gasteiger partial charge in [0, 0.05) is 10.1 Å². The lowest BCUT2D eigenvalue weighted by Crippen LogP contribution is -1.96. The number of carbonyl (C=O) groups is 1. The van der Waals surface area contributed by atoms with Crippen molar-refractivity contribution in [3.63, 3.8) is 0 Å². The monoisotopic (exact) mass is 224 g/mol. The van der Waals surface area contributed by atoms with Crippen LogP contribution in [-0.4, -0.2) is 13.1 Å². The fraction of sp³-hybridized carbons (Fsp3) is 0.182. The molecule has 2 rings (SSSR count). The standard InChI is InChI=1S/C11H9FO2S/c1-6-3-4-8(12)7-5-9(11(13)14-2)15-10(6)7/h3-5H,1-2H3. The maximum absolute atomic E-state index is 13.4. The molecule has 0 aliphatic carbocycles. The minimum Gasteiger partial charge on any atom is -0.465 e. The molecule has 0 spiro atoms. The molecule has 1 heterocycles. The first-order valence-electron chi connectivity index (χ1n) is 4.40. The number of aryl methyl sites for hydroxylation is 1. The molecule has 0 saturated carbocycles. The average Bonchev–Trinajstić information content (AvgIpc) is 2.68. The summed E-state index contributed by atoms with van der Waals surface area (Å²) in [5.74, 6) is -0.725. The fourth-order valence-electron chi connectivity index (χ4n) is 1.43. The SMILES string of the molecule is COC(=O)c1cc2c(F)ccc(C)c2s1. The highest BCUT2D eigenvalue weighted by molar-refractivity contribution is 7.21. The number of hydrogen-bond donors (Lipinski definition) is 0. The zero-order valence-corrected chi connectivity index (χ0v) is 9.15. The third-order valence-corrected chi connectivity index (χ3v) is 3.46. The number of hydrogen-bond acceptors (Lipinski definition) is 3. The van der Waals surface area contributed by atoms with Crippen LogP contribution < -0.4 is 0 Å². The first kappa shape index (κ1) is 10.1. The molecule has 2 nitrogen and oxygen atoms in total. The number of fused-ring (bicyclic) bond motifs is 1. The second kappa shape index (κ2) is 3.62. The number of benzene rings is 1. The van der Waals surface area contributed by atoms with Crippen LogP contribution in [0.2, 0.25) is 0 Å². The summed E-state index contributed by atoms with van der Waals surface area (Å²) >= 11 is 1.26. The molecule has 0 aliphatic rings. The summed E-state index contributed by atoms with van der Waals surface area (Å²) in [6, 6.07) is 4.65. The Kier molecular flexibility index (Phi) is 2.44. The summed E-state index contributed by atoms with van der Waals surface area (Å²) < 4.78 is 18.8. The normalized spacial score (nSPS) is 10.6. The average molecular weight is 224 g/mol. The summed E-state index contributed by atoms with van der Waals surface area (Å²) in [4.78, 5) is 11.7. The van der Waals surface area contributed by atoms with E-state index < -0.39 is 5.97 Å². The van der Waals surface area contributed by atoms with Crippen LogP contribution in [0.5, 0.6) is 0 Å². The minimum absolute atomic E-state index is 0.304. The predicted molar refractivity (Wildman–Crippen MR) is 57.9 cm³/mol. The van der Waals surface area contributed by atoms with Crippen molar-refractivity contribution in [2.45, 2.75) is 6.92 Å². The van der Waals surface area contributed by atoms with E-state index in [0.717, 1.165) is 10.3 Å². The van der Waals surface area contributed by atoms with Gasteiger partial charge in [-0.3, -0.25) is 0 Å². The second-order valence-corrected chi connectivity index (χ2v) is 4.26. The molecule has 0 fully saturated rings. The van der Waals surface area contributed by atoms with Crippen molar-refractivity contribution in [3.8, 4) is 0 Å². The molecule has 0 unspecified atom stereocenters. The zero-order valence-electron chi connectivity index (χ0n) is 8.33. The van der Waals surface area contributed by atoms with Crippen LogP contribution in [0, 0.1) is 12.7 Å². The Morgan fingerprint density at radius 3 is 2.80 bits per heavy atom. The lowest BCUT2D eigenvalue weighted by molar-refractivity contribution is 0.0606. The molecule has 0 atom stereocenters. The largest absolute Gasteiger partial charge is 0.465 e. The van der Waals surface area contributed by atoms with Crippen molar-refractivity contribution >= 4 is 27.4 Å². The van der Waals surface area contributed by atoms with Gasteiger partial charge in [-0.2, -0.15) is 0 Å². The predicted octanol–water partition coefficient (Wildman–Crippen LogP) is 3.14. The number of methoxy groups -OCH3 is 1. The highest BCUT2D eigenvalue weighted by Crippen LogP contribution is 2.30. The highest BCUT2D eigenvalue weighted by atomic mass is 32.1. The van der Waals surface area contributed by atoms with Crippen LogP contribution in [0.25, 0.3) is 10.1 Å². The van der Waals surface area contributed by atoms with E-state index in [1.54, 1.807) is 6.07 Å². The van der Waals surface area contributed by atoms with Crippen molar-refractivity contribution in [2.24, 2.45) is 0 Å². The van der Waals surface area contributed by atoms with Crippen molar-refractivity contribution in [1.29, 1.82) is 0 Å². The maximum Gasteiger partial charge on any atom is 0.348 e. The van der Waals surface area contributed by atoms with E-state index in [0.29, 0.717) is 10.3 Å². The molecule has 0 saturated heterocycles. The van der Waals surface area contributed by atoms with Gasteiger partial charge in [0.15, 0.2) is 0 Å². The summed E-state index contributed by atoms with van der Waals surface area (Å²) in [6.07, 6.45) is 0. The van der Waals surface area contributed by atoms with Crippen LogP contribution >= 0.6 is 11.3 Å². The Bertz CT molecular complexity index is 492. The van der Waals surface area contributed by atoms with Gasteiger partial charge in [0.2, 0.25) is 0 Å². The molecule has 15 heavy (non-hydrogen) atoms. The van der Waals surface area contributed by atoms with Gasteiger partial charge in [-0.1, -0.05) is 6.07 Å².